The minimum Gasteiger partial charge on any atom is -0.393 e. The van der Waals surface area contributed by atoms with Crippen LogP contribution in [-0.4, -0.2) is 83.4 Å². The number of aliphatic hydroxyl groups excluding tert-OH is 4. The van der Waals surface area contributed by atoms with Gasteiger partial charge in [-0.2, -0.15) is 0 Å². The Kier molecular flexibility index (Phi) is 19.9. The molecule has 6 aliphatic carbocycles. The molecule has 2 aromatic rings. The van der Waals surface area contributed by atoms with Crippen LogP contribution < -0.4 is 0 Å². The van der Waals surface area contributed by atoms with Gasteiger partial charge in [-0.1, -0.05) is 114 Å². The van der Waals surface area contributed by atoms with Crippen LogP contribution in [0.3, 0.4) is 0 Å². The molecule has 6 aliphatic rings. The van der Waals surface area contributed by atoms with Gasteiger partial charge in [0.2, 0.25) is 0 Å². The van der Waals surface area contributed by atoms with Crippen molar-refractivity contribution in [2.75, 3.05) is 11.5 Å². The molecule has 0 heterocycles. The molecule has 0 aliphatic heterocycles. The summed E-state index contributed by atoms with van der Waals surface area (Å²) in [6.07, 6.45) is 21.6. The van der Waals surface area contributed by atoms with Crippen LogP contribution in [0.25, 0.3) is 0 Å². The Morgan fingerprint density at radius 1 is 0.590 bits per heavy atom. The largest absolute Gasteiger partial charge is 0.393 e. The van der Waals surface area contributed by atoms with Gasteiger partial charge in [-0.05, 0) is 221 Å². The first-order chi connectivity index (χ1) is 36.6. The summed E-state index contributed by atoms with van der Waals surface area (Å²) in [5, 5.41) is 61.6. The lowest BCUT2D eigenvalue weighted by molar-refractivity contribution is 0.0526. The number of sulfone groups is 2. The van der Waals surface area contributed by atoms with E-state index in [-0.39, 0.29) is 22.3 Å². The van der Waals surface area contributed by atoms with E-state index in [9.17, 15) is 47.5 Å². The lowest BCUT2D eigenvalue weighted by atomic mass is 9.61. The summed E-state index contributed by atoms with van der Waals surface area (Å²) in [5.41, 5.74) is 6.10. The van der Waals surface area contributed by atoms with Crippen molar-refractivity contribution in [1.29, 1.82) is 0 Å². The molecule has 10 nitrogen and oxygen atoms in total. The Morgan fingerprint density at radius 2 is 0.936 bits per heavy atom. The molecule has 6 saturated carbocycles. The highest BCUT2D eigenvalue weighted by molar-refractivity contribution is 7.91. The molecule has 0 amide bonds. The standard InChI is InChI=1S/2C33H48O5S/c2*1-6-33(5,36)26-11-13-28(14-12-26)39(37,38)19-17-22(2)29-15-16-30-24(8-7-18-32(29,30)4)9-10-25-20-27(34)21-31(35)23(25)3/h2*9-14,22,27,29-31,34-36H,3,6-8,15-21H2,1-2,4-5H3/b2*24-9+,25-10-/t22-,27+,29-,30+,31-,32-,33?;22-,27-,29-,30+,31+,32-,33?/m11/s1. The molecule has 2 unspecified atom stereocenters. The van der Waals surface area contributed by atoms with E-state index in [1.165, 1.54) is 11.1 Å². The smallest absolute Gasteiger partial charge is 0.178 e. The zero-order chi connectivity index (χ0) is 57.2. The Hall–Kier alpha value is -3.46. The first-order valence-electron chi connectivity index (χ1n) is 29.6. The van der Waals surface area contributed by atoms with E-state index in [2.05, 4.69) is 65.2 Å². The van der Waals surface area contributed by atoms with Crippen molar-refractivity contribution < 1.29 is 47.5 Å². The molecule has 2 aromatic carbocycles. The van der Waals surface area contributed by atoms with Crippen LogP contribution in [0.5, 0.6) is 0 Å². The third kappa shape index (κ3) is 13.7. The summed E-state index contributed by atoms with van der Waals surface area (Å²) in [6.45, 7) is 24.7. The predicted octanol–water partition coefficient (Wildman–Crippen LogP) is 12.5. The number of aliphatic hydroxyl groups is 6. The monoisotopic (exact) mass is 1110 g/mol. The molecule has 14 atom stereocenters. The summed E-state index contributed by atoms with van der Waals surface area (Å²) in [4.78, 5) is 0.660. The van der Waals surface area contributed by atoms with Gasteiger partial charge in [0.05, 0.1) is 56.9 Å². The number of hydrogen-bond donors (Lipinski definition) is 6. The SMILES string of the molecule is C=C1/C(=C\C=C2/CCC[C@]3(C)[C@@H]([C@H](C)CCS(=O)(=O)c4ccc(C(C)(O)CC)cc4)CC[C@@H]23)C[C@@H](O)C[C@@H]1O.C=C1/C(=C\C=C2/CCC[C@]3(C)[C@@H]([C@H](C)CCS(=O)(=O)c4ccc(C(C)(O)CC)cc4)CC[C@@H]23)C[C@H](O)C[C@H]1O. The van der Waals surface area contributed by atoms with Gasteiger partial charge in [-0.25, -0.2) is 16.8 Å². The minimum atomic E-state index is -3.40. The quantitative estimate of drug-likeness (QED) is 0.0943. The van der Waals surface area contributed by atoms with Crippen molar-refractivity contribution >= 4 is 19.7 Å². The number of hydrogen-bond acceptors (Lipinski definition) is 10. The first kappa shape index (κ1) is 62.1. The fourth-order valence-corrected chi connectivity index (χ4v) is 18.1. The summed E-state index contributed by atoms with van der Waals surface area (Å²) in [7, 11) is -6.80. The normalized spacial score (nSPS) is 34.2. The third-order valence-electron chi connectivity index (χ3n) is 20.7. The fourth-order valence-electron chi connectivity index (χ4n) is 15.1. The second-order valence-electron chi connectivity index (χ2n) is 25.8. The summed E-state index contributed by atoms with van der Waals surface area (Å²) < 4.78 is 52.7. The van der Waals surface area contributed by atoms with Gasteiger partial charge >= 0.3 is 0 Å². The van der Waals surface area contributed by atoms with E-state index >= 15 is 0 Å². The highest BCUT2D eigenvalue weighted by atomic mass is 32.2. The van der Waals surface area contributed by atoms with Crippen molar-refractivity contribution in [2.45, 2.75) is 216 Å². The summed E-state index contributed by atoms with van der Waals surface area (Å²) in [6, 6.07) is 13.5. The van der Waals surface area contributed by atoms with Gasteiger partial charge < -0.3 is 30.6 Å². The molecule has 78 heavy (non-hydrogen) atoms. The van der Waals surface area contributed by atoms with Gasteiger partial charge in [0.15, 0.2) is 19.7 Å². The molecule has 8 rings (SSSR count). The maximum atomic E-state index is 13.2. The molecule has 0 spiro atoms. The Balaban J connectivity index is 0.000000226. The van der Waals surface area contributed by atoms with E-state index in [0.717, 1.165) is 97.6 Å². The zero-order valence-corrected chi connectivity index (χ0v) is 50.0. The number of benzene rings is 2. The topological polar surface area (TPSA) is 190 Å². The van der Waals surface area contributed by atoms with E-state index in [1.807, 2.05) is 13.8 Å². The second kappa shape index (κ2) is 24.9. The van der Waals surface area contributed by atoms with Crippen LogP contribution in [-0.2, 0) is 30.9 Å². The zero-order valence-electron chi connectivity index (χ0n) is 48.4. The van der Waals surface area contributed by atoms with Crippen molar-refractivity contribution in [3.8, 4) is 0 Å². The van der Waals surface area contributed by atoms with Gasteiger partial charge in [0, 0.05) is 12.8 Å². The van der Waals surface area contributed by atoms with E-state index in [0.29, 0.717) is 96.7 Å². The van der Waals surface area contributed by atoms with Crippen LogP contribution >= 0.6 is 0 Å². The highest BCUT2D eigenvalue weighted by Gasteiger charge is 2.52. The Bertz CT molecular complexity index is 2610. The molecular weight excluding hydrogens is 1020 g/mol. The predicted molar refractivity (Wildman–Crippen MR) is 314 cm³/mol. The Morgan fingerprint density at radius 3 is 1.27 bits per heavy atom. The van der Waals surface area contributed by atoms with E-state index in [1.54, 1.807) is 62.4 Å². The van der Waals surface area contributed by atoms with Crippen molar-refractivity contribution in [3.05, 3.63) is 131 Å². The second-order valence-corrected chi connectivity index (χ2v) is 30.0. The average Bonchev–Trinajstić information content (AvgIpc) is 4.07. The molecule has 432 valence electrons. The Labute approximate surface area is 469 Å². The third-order valence-corrected chi connectivity index (χ3v) is 24.2. The van der Waals surface area contributed by atoms with Crippen LogP contribution in [0.4, 0.5) is 0 Å². The highest BCUT2D eigenvalue weighted by Crippen LogP contribution is 2.61. The van der Waals surface area contributed by atoms with Crippen LogP contribution in [0.2, 0.25) is 0 Å². The molecule has 0 saturated heterocycles. The summed E-state index contributed by atoms with van der Waals surface area (Å²) >= 11 is 0. The lowest BCUT2D eigenvalue weighted by Crippen LogP contribution is -2.36. The molecular formula is C66H96O10S2. The van der Waals surface area contributed by atoms with Gasteiger partial charge in [-0.3, -0.25) is 0 Å². The number of allylic oxidation sites excluding steroid dienone is 6. The van der Waals surface area contributed by atoms with Gasteiger partial charge in [0.25, 0.3) is 0 Å². The molecule has 0 bridgehead atoms. The number of fused-ring (bicyclic) bond motifs is 2. The summed E-state index contributed by atoms with van der Waals surface area (Å²) in [5.74, 6) is 2.80. The molecule has 12 heteroatoms. The van der Waals surface area contributed by atoms with Gasteiger partial charge in [0.1, 0.15) is 0 Å². The fraction of sp³-hybridized carbons (Fsp3) is 0.636. The maximum Gasteiger partial charge on any atom is 0.178 e. The van der Waals surface area contributed by atoms with E-state index < -0.39 is 55.3 Å². The van der Waals surface area contributed by atoms with Gasteiger partial charge in [-0.15, -0.1) is 0 Å². The molecule has 0 radical (unpaired) electrons. The minimum absolute atomic E-state index is 0.135. The van der Waals surface area contributed by atoms with Crippen molar-refractivity contribution in [1.82, 2.24) is 0 Å². The molecule has 0 aromatic heterocycles. The van der Waals surface area contributed by atoms with Crippen LogP contribution in [0.1, 0.15) is 182 Å². The lowest BCUT2D eigenvalue weighted by Gasteiger charge is -2.44. The van der Waals surface area contributed by atoms with Crippen LogP contribution in [0.15, 0.2) is 129 Å². The van der Waals surface area contributed by atoms with Crippen molar-refractivity contribution in [2.24, 2.45) is 46.3 Å². The average molecular weight is 1110 g/mol. The molecule has 6 N–H and O–H groups in total. The maximum absolute atomic E-state index is 13.2. The molecule has 6 fully saturated rings. The van der Waals surface area contributed by atoms with Crippen molar-refractivity contribution in [3.63, 3.8) is 0 Å². The van der Waals surface area contributed by atoms with E-state index in [4.69, 9.17) is 0 Å². The number of rotatable bonds is 16. The first-order valence-corrected chi connectivity index (χ1v) is 32.9. The van der Waals surface area contributed by atoms with Crippen LogP contribution in [0, 0.1) is 46.3 Å².